The van der Waals surface area contributed by atoms with Gasteiger partial charge in [0.1, 0.15) is 0 Å². The van der Waals surface area contributed by atoms with Crippen LogP contribution in [0.3, 0.4) is 0 Å². The normalized spacial score (nSPS) is 11.6. The molecule has 0 aliphatic heterocycles. The average Bonchev–Trinajstić information content (AvgIpc) is 2.11. The molecule has 0 spiro atoms. The van der Waals surface area contributed by atoms with Crippen molar-refractivity contribution in [3.05, 3.63) is 11.6 Å². The van der Waals surface area contributed by atoms with Crippen molar-refractivity contribution < 1.29 is 15.0 Å². The summed E-state index contributed by atoms with van der Waals surface area (Å²) in [4.78, 5) is 14.2. The summed E-state index contributed by atoms with van der Waals surface area (Å²) in [5.74, 6) is -0.930. The summed E-state index contributed by atoms with van der Waals surface area (Å²) in [5, 5.41) is 17.1. The fraction of sp³-hybridized carbons (Fsp3) is 0.769. The first-order valence-electron chi connectivity index (χ1n) is 5.80. The molecule has 0 rings (SSSR count). The molecule has 5 nitrogen and oxygen atoms in total. The van der Waals surface area contributed by atoms with E-state index in [9.17, 15) is 4.79 Å². The number of carbonyl (C=O) groups is 1. The van der Waals surface area contributed by atoms with Gasteiger partial charge >= 0.3 is 5.97 Å². The predicted octanol–water partition coefficient (Wildman–Crippen LogP) is 1.57. The zero-order valence-electron chi connectivity index (χ0n) is 13.5. The Kier molecular flexibility index (Phi) is 24.6. The second kappa shape index (κ2) is 17.4. The van der Waals surface area contributed by atoms with E-state index in [1.165, 1.54) is 13.0 Å². The third kappa shape index (κ3) is 58.5. The highest BCUT2D eigenvalue weighted by molar-refractivity contribution is 5.85. The maximum absolute atomic E-state index is 10.2. The standard InChI is InChI=1S/C7H12O3.2C3H9N.ClH/c1-5(7(9)10)3-4-6(2)8;2*1-4(2)3;/h3,6,8H,4H2,1-2H3,(H,9,10);2*1-3H3;1H. The number of carboxylic acids is 1. The molecule has 1 atom stereocenters. The SMILES string of the molecule is CC(=CCC(C)O)C(=O)O.CN(C)C.CN(C)C.Cl. The van der Waals surface area contributed by atoms with Gasteiger partial charge in [0.25, 0.3) is 0 Å². The molecule has 0 bridgehead atoms. The molecular weight excluding hydrogens is 268 g/mol. The zero-order chi connectivity index (χ0) is 15.3. The van der Waals surface area contributed by atoms with Crippen LogP contribution in [0, 0.1) is 0 Å². The Balaban J connectivity index is -0.000000105. The molecule has 0 aliphatic carbocycles. The second-order valence-electron chi connectivity index (χ2n) is 4.96. The highest BCUT2D eigenvalue weighted by atomic mass is 35.5. The van der Waals surface area contributed by atoms with E-state index < -0.39 is 12.1 Å². The van der Waals surface area contributed by atoms with Gasteiger partial charge in [0.15, 0.2) is 0 Å². The van der Waals surface area contributed by atoms with E-state index in [1.54, 1.807) is 6.92 Å². The van der Waals surface area contributed by atoms with Gasteiger partial charge in [-0.3, -0.25) is 0 Å². The second-order valence-corrected chi connectivity index (χ2v) is 4.96. The van der Waals surface area contributed by atoms with Gasteiger partial charge in [0, 0.05) is 5.57 Å². The van der Waals surface area contributed by atoms with Crippen LogP contribution in [0.4, 0.5) is 0 Å². The van der Waals surface area contributed by atoms with Crippen molar-refractivity contribution in [2.24, 2.45) is 0 Å². The van der Waals surface area contributed by atoms with Gasteiger partial charge < -0.3 is 20.0 Å². The number of hydrogen-bond donors (Lipinski definition) is 2. The van der Waals surface area contributed by atoms with Crippen molar-refractivity contribution in [2.75, 3.05) is 42.3 Å². The van der Waals surface area contributed by atoms with Gasteiger partial charge in [-0.1, -0.05) is 6.08 Å². The van der Waals surface area contributed by atoms with Crippen molar-refractivity contribution in [2.45, 2.75) is 26.4 Å². The third-order valence-electron chi connectivity index (χ3n) is 1.10. The highest BCUT2D eigenvalue weighted by Crippen LogP contribution is 1.97. The number of halogens is 1. The van der Waals surface area contributed by atoms with Gasteiger partial charge in [-0.05, 0) is 62.6 Å². The molecule has 1 unspecified atom stereocenters. The fourth-order valence-electron chi connectivity index (χ4n) is 0.435. The first-order valence-corrected chi connectivity index (χ1v) is 5.80. The van der Waals surface area contributed by atoms with Crippen molar-refractivity contribution >= 4 is 18.4 Å². The molecule has 6 heteroatoms. The molecule has 0 heterocycles. The molecule has 0 aromatic carbocycles. The number of rotatable bonds is 3. The lowest BCUT2D eigenvalue weighted by Crippen LogP contribution is -2.00. The van der Waals surface area contributed by atoms with E-state index >= 15 is 0 Å². The van der Waals surface area contributed by atoms with E-state index in [2.05, 4.69) is 0 Å². The van der Waals surface area contributed by atoms with Gasteiger partial charge in [-0.2, -0.15) is 0 Å². The maximum atomic E-state index is 10.2. The minimum absolute atomic E-state index is 0. The first-order chi connectivity index (χ1) is 8.00. The Labute approximate surface area is 124 Å². The van der Waals surface area contributed by atoms with E-state index in [0.717, 1.165) is 0 Å². The molecule has 0 aromatic heterocycles. The molecule has 0 fully saturated rings. The van der Waals surface area contributed by atoms with Crippen LogP contribution >= 0.6 is 12.4 Å². The Morgan fingerprint density at radius 3 is 1.53 bits per heavy atom. The number of aliphatic hydroxyl groups excluding tert-OH is 1. The van der Waals surface area contributed by atoms with Crippen molar-refractivity contribution in [3.63, 3.8) is 0 Å². The van der Waals surface area contributed by atoms with Gasteiger partial charge in [-0.25, -0.2) is 4.79 Å². The van der Waals surface area contributed by atoms with E-state index in [1.807, 2.05) is 52.1 Å². The van der Waals surface area contributed by atoms with Crippen LogP contribution in [-0.2, 0) is 4.79 Å². The number of carboxylic acid groups (broad SMARTS) is 1. The summed E-state index contributed by atoms with van der Waals surface area (Å²) in [6, 6.07) is 0. The molecule has 2 N–H and O–H groups in total. The number of aliphatic carboxylic acids is 1. The van der Waals surface area contributed by atoms with E-state index in [4.69, 9.17) is 10.2 Å². The highest BCUT2D eigenvalue weighted by Gasteiger charge is 1.99. The fourth-order valence-corrected chi connectivity index (χ4v) is 0.435. The molecule has 19 heavy (non-hydrogen) atoms. The lowest BCUT2D eigenvalue weighted by atomic mass is 10.2. The molecule has 0 aromatic rings. The molecular formula is C13H31ClN2O3. The van der Waals surface area contributed by atoms with Crippen LogP contribution in [0.5, 0.6) is 0 Å². The van der Waals surface area contributed by atoms with Crippen LogP contribution in [-0.4, -0.2) is 74.4 Å². The lowest BCUT2D eigenvalue weighted by Gasteiger charge is -1.97. The minimum Gasteiger partial charge on any atom is -0.478 e. The Morgan fingerprint density at radius 2 is 1.37 bits per heavy atom. The first kappa shape index (κ1) is 26.8. The van der Waals surface area contributed by atoms with Crippen LogP contribution in [0.1, 0.15) is 20.3 Å². The molecule has 0 amide bonds. The Morgan fingerprint density at radius 1 is 1.11 bits per heavy atom. The Hall–Kier alpha value is -0.620. The third-order valence-corrected chi connectivity index (χ3v) is 1.10. The average molecular weight is 299 g/mol. The van der Waals surface area contributed by atoms with E-state index in [-0.39, 0.29) is 18.0 Å². The van der Waals surface area contributed by atoms with Crippen LogP contribution in [0.2, 0.25) is 0 Å². The number of hydrogen-bond acceptors (Lipinski definition) is 4. The topological polar surface area (TPSA) is 64.0 Å². The summed E-state index contributed by atoms with van der Waals surface area (Å²) in [6.07, 6.45) is 1.44. The summed E-state index contributed by atoms with van der Waals surface area (Å²) in [6.45, 7) is 3.12. The minimum atomic E-state index is -0.930. The summed E-state index contributed by atoms with van der Waals surface area (Å²) in [7, 11) is 12.0. The number of nitrogens with zero attached hydrogens (tertiary/aromatic N) is 2. The van der Waals surface area contributed by atoms with Gasteiger partial charge in [-0.15, -0.1) is 12.4 Å². The smallest absolute Gasteiger partial charge is 0.330 e. The van der Waals surface area contributed by atoms with Gasteiger partial charge in [0.05, 0.1) is 6.10 Å². The maximum Gasteiger partial charge on any atom is 0.330 e. The quantitative estimate of drug-likeness (QED) is 0.774. The molecule has 0 radical (unpaired) electrons. The molecule has 0 aliphatic rings. The summed E-state index contributed by atoms with van der Waals surface area (Å²) in [5.41, 5.74) is 0.279. The number of aliphatic hydroxyl groups is 1. The van der Waals surface area contributed by atoms with Crippen LogP contribution in [0.25, 0.3) is 0 Å². The molecule has 0 saturated carbocycles. The van der Waals surface area contributed by atoms with Crippen LogP contribution in [0.15, 0.2) is 11.6 Å². The van der Waals surface area contributed by atoms with Crippen LogP contribution < -0.4 is 0 Å². The summed E-state index contributed by atoms with van der Waals surface area (Å²) >= 11 is 0. The van der Waals surface area contributed by atoms with Crippen molar-refractivity contribution in [1.29, 1.82) is 0 Å². The predicted molar refractivity (Wildman–Crippen MR) is 84.2 cm³/mol. The molecule has 118 valence electrons. The largest absolute Gasteiger partial charge is 0.478 e. The van der Waals surface area contributed by atoms with Gasteiger partial charge in [0.2, 0.25) is 0 Å². The Bertz CT molecular complexity index is 218. The zero-order valence-corrected chi connectivity index (χ0v) is 14.3. The monoisotopic (exact) mass is 298 g/mol. The van der Waals surface area contributed by atoms with Crippen molar-refractivity contribution in [3.8, 4) is 0 Å². The summed E-state index contributed by atoms with van der Waals surface area (Å²) < 4.78 is 0. The molecule has 0 saturated heterocycles. The van der Waals surface area contributed by atoms with E-state index in [0.29, 0.717) is 6.42 Å². The lowest BCUT2D eigenvalue weighted by molar-refractivity contribution is -0.132. The van der Waals surface area contributed by atoms with Crippen molar-refractivity contribution in [1.82, 2.24) is 9.80 Å².